The molecule has 1 heteroatoms. The Labute approximate surface area is 67.7 Å². The zero-order valence-electron chi connectivity index (χ0n) is 6.83. The topological polar surface area (TPSA) is 20.2 Å². The first-order chi connectivity index (χ1) is 5.34. The van der Waals surface area contributed by atoms with Crippen LogP contribution in [0, 0.1) is 0 Å². The van der Waals surface area contributed by atoms with Gasteiger partial charge in [0, 0.05) is 0 Å². The lowest BCUT2D eigenvalue weighted by Gasteiger charge is -2.07. The van der Waals surface area contributed by atoms with E-state index in [4.69, 9.17) is 0 Å². The lowest BCUT2D eigenvalue weighted by molar-refractivity contribution is 0.166. The van der Waals surface area contributed by atoms with Crippen LogP contribution in [0.1, 0.15) is 31.4 Å². The largest absolute Gasteiger partial charge is 0.388 e. The van der Waals surface area contributed by atoms with Crippen molar-refractivity contribution in [3.63, 3.8) is 0 Å². The van der Waals surface area contributed by atoms with E-state index in [1.807, 2.05) is 30.3 Å². The zero-order chi connectivity index (χ0) is 8.10. The second-order valence-electron chi connectivity index (χ2n) is 2.72. The molecular formula is C10H14O. The van der Waals surface area contributed by atoms with Gasteiger partial charge in [0.2, 0.25) is 0 Å². The van der Waals surface area contributed by atoms with Crippen LogP contribution in [0.4, 0.5) is 0 Å². The van der Waals surface area contributed by atoms with Gasteiger partial charge in [-0.15, -0.1) is 0 Å². The summed E-state index contributed by atoms with van der Waals surface area (Å²) in [7, 11) is 0. The Balaban J connectivity index is 2.61. The van der Waals surface area contributed by atoms with E-state index in [-0.39, 0.29) is 6.10 Å². The van der Waals surface area contributed by atoms with Crippen LogP contribution in [-0.2, 0) is 0 Å². The van der Waals surface area contributed by atoms with Gasteiger partial charge in [-0.3, -0.25) is 0 Å². The van der Waals surface area contributed by atoms with Crippen LogP contribution in [0.2, 0.25) is 0 Å². The molecule has 0 radical (unpaired) electrons. The van der Waals surface area contributed by atoms with Crippen molar-refractivity contribution in [1.82, 2.24) is 0 Å². The summed E-state index contributed by atoms with van der Waals surface area (Å²) in [5.41, 5.74) is 1.02. The molecule has 1 nitrogen and oxygen atoms in total. The number of hydrogen-bond donors (Lipinski definition) is 1. The van der Waals surface area contributed by atoms with Crippen LogP contribution < -0.4 is 0 Å². The smallest absolute Gasteiger partial charge is 0.0790 e. The summed E-state index contributed by atoms with van der Waals surface area (Å²) >= 11 is 0. The molecule has 60 valence electrons. The summed E-state index contributed by atoms with van der Waals surface area (Å²) < 4.78 is 0. The normalized spacial score (nSPS) is 12.9. The van der Waals surface area contributed by atoms with E-state index in [9.17, 15) is 5.11 Å². The van der Waals surface area contributed by atoms with E-state index in [1.165, 1.54) is 0 Å². The molecule has 0 amide bonds. The van der Waals surface area contributed by atoms with Crippen molar-refractivity contribution in [3.05, 3.63) is 35.9 Å². The molecule has 1 atom stereocenters. The number of hydrogen-bond acceptors (Lipinski definition) is 1. The number of rotatable bonds is 3. The standard InChI is InChI=1S/C10H14O/c1-2-6-10(11)9-7-4-3-5-8-9/h3-5,7-8,10-11H,2,6H2,1H3/t10-/m1/s1. The molecule has 0 aromatic heterocycles. The molecule has 1 rings (SSSR count). The van der Waals surface area contributed by atoms with E-state index in [1.54, 1.807) is 0 Å². The molecule has 1 aromatic carbocycles. The van der Waals surface area contributed by atoms with E-state index in [0.29, 0.717) is 0 Å². The maximum absolute atomic E-state index is 9.52. The third kappa shape index (κ3) is 2.35. The van der Waals surface area contributed by atoms with E-state index < -0.39 is 0 Å². The van der Waals surface area contributed by atoms with Gasteiger partial charge >= 0.3 is 0 Å². The maximum atomic E-state index is 9.52. The van der Waals surface area contributed by atoms with Crippen molar-refractivity contribution < 1.29 is 5.11 Å². The average molecular weight is 150 g/mol. The Kier molecular flexibility index (Phi) is 3.12. The predicted molar refractivity (Wildman–Crippen MR) is 46.3 cm³/mol. The highest BCUT2D eigenvalue weighted by Crippen LogP contribution is 2.16. The molecule has 0 bridgehead atoms. The van der Waals surface area contributed by atoms with Crippen molar-refractivity contribution in [2.45, 2.75) is 25.9 Å². The first-order valence-corrected chi connectivity index (χ1v) is 4.07. The van der Waals surface area contributed by atoms with Crippen molar-refractivity contribution in [2.24, 2.45) is 0 Å². The van der Waals surface area contributed by atoms with Gasteiger partial charge in [0.15, 0.2) is 0 Å². The summed E-state index contributed by atoms with van der Waals surface area (Å²) in [6.45, 7) is 2.08. The Bertz CT molecular complexity index is 193. The van der Waals surface area contributed by atoms with Crippen molar-refractivity contribution in [3.8, 4) is 0 Å². The molecule has 0 saturated carbocycles. The quantitative estimate of drug-likeness (QED) is 0.702. The lowest BCUT2D eigenvalue weighted by atomic mass is 10.1. The summed E-state index contributed by atoms with van der Waals surface area (Å²) in [6.07, 6.45) is 1.60. The van der Waals surface area contributed by atoms with Crippen LogP contribution in [0.3, 0.4) is 0 Å². The summed E-state index contributed by atoms with van der Waals surface area (Å²) in [5, 5.41) is 9.52. The highest BCUT2D eigenvalue weighted by atomic mass is 16.3. The predicted octanol–water partition coefficient (Wildman–Crippen LogP) is 2.52. The summed E-state index contributed by atoms with van der Waals surface area (Å²) in [6, 6.07) is 9.78. The number of aliphatic hydroxyl groups excluding tert-OH is 1. The second kappa shape index (κ2) is 4.14. The maximum Gasteiger partial charge on any atom is 0.0790 e. The fourth-order valence-corrected chi connectivity index (χ4v) is 1.12. The SMILES string of the molecule is CCC[C@@H](O)c1ccccc1. The minimum absolute atomic E-state index is 0.277. The first-order valence-electron chi connectivity index (χ1n) is 4.07. The highest BCUT2D eigenvalue weighted by molar-refractivity contribution is 5.16. The third-order valence-electron chi connectivity index (χ3n) is 1.75. The van der Waals surface area contributed by atoms with Gasteiger partial charge in [0.1, 0.15) is 0 Å². The molecule has 0 aliphatic carbocycles. The number of benzene rings is 1. The number of aliphatic hydroxyl groups is 1. The first kappa shape index (κ1) is 8.28. The molecule has 11 heavy (non-hydrogen) atoms. The molecular weight excluding hydrogens is 136 g/mol. The van der Waals surface area contributed by atoms with Gasteiger partial charge in [-0.1, -0.05) is 43.7 Å². The van der Waals surface area contributed by atoms with Crippen LogP contribution in [0.5, 0.6) is 0 Å². The van der Waals surface area contributed by atoms with Gasteiger partial charge in [0.25, 0.3) is 0 Å². The molecule has 0 spiro atoms. The monoisotopic (exact) mass is 150 g/mol. The molecule has 0 saturated heterocycles. The van der Waals surface area contributed by atoms with Crippen LogP contribution >= 0.6 is 0 Å². The highest BCUT2D eigenvalue weighted by Gasteiger charge is 2.03. The van der Waals surface area contributed by atoms with Crippen molar-refractivity contribution in [1.29, 1.82) is 0 Å². The Morgan fingerprint density at radius 2 is 1.91 bits per heavy atom. The van der Waals surface area contributed by atoms with Gasteiger partial charge in [0.05, 0.1) is 6.10 Å². The molecule has 0 fully saturated rings. The lowest BCUT2D eigenvalue weighted by Crippen LogP contribution is -1.95. The molecule has 0 unspecified atom stereocenters. The Hall–Kier alpha value is -0.820. The minimum Gasteiger partial charge on any atom is -0.388 e. The molecule has 0 aliphatic rings. The fraction of sp³-hybridized carbons (Fsp3) is 0.400. The second-order valence-corrected chi connectivity index (χ2v) is 2.72. The summed E-state index contributed by atoms with van der Waals surface area (Å²) in [4.78, 5) is 0. The minimum atomic E-state index is -0.277. The fourth-order valence-electron chi connectivity index (χ4n) is 1.12. The van der Waals surface area contributed by atoms with E-state index in [0.717, 1.165) is 18.4 Å². The molecule has 1 aromatic rings. The van der Waals surface area contributed by atoms with Gasteiger partial charge in [-0.05, 0) is 12.0 Å². The van der Waals surface area contributed by atoms with E-state index >= 15 is 0 Å². The van der Waals surface area contributed by atoms with Gasteiger partial charge in [-0.2, -0.15) is 0 Å². The summed E-state index contributed by atoms with van der Waals surface area (Å²) in [5.74, 6) is 0. The van der Waals surface area contributed by atoms with Gasteiger partial charge in [-0.25, -0.2) is 0 Å². The molecule has 0 aliphatic heterocycles. The van der Waals surface area contributed by atoms with Crippen LogP contribution in [-0.4, -0.2) is 5.11 Å². The van der Waals surface area contributed by atoms with Crippen molar-refractivity contribution >= 4 is 0 Å². The Morgan fingerprint density at radius 1 is 1.27 bits per heavy atom. The van der Waals surface area contributed by atoms with Crippen LogP contribution in [0.25, 0.3) is 0 Å². The van der Waals surface area contributed by atoms with E-state index in [2.05, 4.69) is 6.92 Å². The molecule has 0 heterocycles. The third-order valence-corrected chi connectivity index (χ3v) is 1.75. The van der Waals surface area contributed by atoms with Crippen LogP contribution in [0.15, 0.2) is 30.3 Å². The zero-order valence-corrected chi connectivity index (χ0v) is 6.83. The van der Waals surface area contributed by atoms with Gasteiger partial charge < -0.3 is 5.11 Å². The molecule has 1 N–H and O–H groups in total. The Morgan fingerprint density at radius 3 is 2.45 bits per heavy atom. The van der Waals surface area contributed by atoms with Crippen molar-refractivity contribution in [2.75, 3.05) is 0 Å². The average Bonchev–Trinajstić information content (AvgIpc) is 2.07.